The number of rotatable bonds is 6. The largest absolute Gasteiger partial charge is 0.483 e. The predicted molar refractivity (Wildman–Crippen MR) is 101 cm³/mol. The molecule has 0 unspecified atom stereocenters. The molecule has 3 aromatic rings. The second kappa shape index (κ2) is 7.79. The maximum absolute atomic E-state index is 11.8. The highest BCUT2D eigenvalue weighted by atomic mass is 16.5. The third kappa shape index (κ3) is 3.79. The van der Waals surface area contributed by atoms with E-state index in [9.17, 15) is 4.79 Å². The fraction of sp³-hybridized carbons (Fsp3) is 0.238. The molecule has 0 saturated carbocycles. The Bertz CT molecular complexity index is 876. The lowest BCUT2D eigenvalue weighted by Crippen LogP contribution is -2.28. The molecule has 0 aliphatic rings. The molecule has 128 valence electrons. The van der Waals surface area contributed by atoms with Gasteiger partial charge in [-0.05, 0) is 25.0 Å². The van der Waals surface area contributed by atoms with Crippen molar-refractivity contribution < 1.29 is 9.53 Å². The van der Waals surface area contributed by atoms with Gasteiger partial charge in [-0.15, -0.1) is 0 Å². The van der Waals surface area contributed by atoms with E-state index < -0.39 is 0 Å². The highest BCUT2D eigenvalue weighted by Crippen LogP contribution is 2.32. The van der Waals surface area contributed by atoms with Crippen LogP contribution in [0.4, 0.5) is 0 Å². The van der Waals surface area contributed by atoms with Gasteiger partial charge < -0.3 is 10.1 Å². The van der Waals surface area contributed by atoms with Gasteiger partial charge in [-0.1, -0.05) is 49.4 Å². The molecular formula is C21H22N2O2. The molecule has 4 heteroatoms. The summed E-state index contributed by atoms with van der Waals surface area (Å²) in [6.45, 7) is 4.59. The Morgan fingerprint density at radius 2 is 1.88 bits per heavy atom. The van der Waals surface area contributed by atoms with Crippen molar-refractivity contribution in [3.05, 3.63) is 60.2 Å². The molecule has 1 amide bonds. The molecule has 0 radical (unpaired) electrons. The van der Waals surface area contributed by atoms with Gasteiger partial charge in [-0.2, -0.15) is 0 Å². The molecule has 0 atom stereocenters. The lowest BCUT2D eigenvalue weighted by atomic mass is 10.0. The van der Waals surface area contributed by atoms with Gasteiger partial charge in [0.1, 0.15) is 5.75 Å². The van der Waals surface area contributed by atoms with E-state index in [1.165, 1.54) is 0 Å². The fourth-order valence-corrected chi connectivity index (χ4v) is 2.88. The molecule has 4 nitrogen and oxygen atoms in total. The third-order valence-corrected chi connectivity index (χ3v) is 4.07. The first-order chi connectivity index (χ1) is 12.2. The van der Waals surface area contributed by atoms with Gasteiger partial charge in [0.2, 0.25) is 0 Å². The number of carbonyl (C=O) groups is 1. The van der Waals surface area contributed by atoms with E-state index >= 15 is 0 Å². The smallest absolute Gasteiger partial charge is 0.257 e. The van der Waals surface area contributed by atoms with Gasteiger partial charge in [0.05, 0.1) is 11.2 Å². The molecule has 0 spiro atoms. The van der Waals surface area contributed by atoms with Gasteiger partial charge in [0, 0.05) is 23.6 Å². The van der Waals surface area contributed by atoms with Gasteiger partial charge in [0.15, 0.2) is 6.61 Å². The highest BCUT2D eigenvalue weighted by molar-refractivity contribution is 5.91. The molecule has 0 fully saturated rings. The van der Waals surface area contributed by atoms with Gasteiger partial charge in [-0.25, -0.2) is 4.98 Å². The zero-order chi connectivity index (χ0) is 17.6. The van der Waals surface area contributed by atoms with Gasteiger partial charge in [-0.3, -0.25) is 4.79 Å². The minimum absolute atomic E-state index is 0.000762. The van der Waals surface area contributed by atoms with Crippen LogP contribution in [0.2, 0.25) is 0 Å². The van der Waals surface area contributed by atoms with Gasteiger partial charge in [0.25, 0.3) is 5.91 Å². The normalized spacial score (nSPS) is 10.6. The Kier molecular flexibility index (Phi) is 5.29. The van der Waals surface area contributed by atoms with Crippen LogP contribution in [-0.4, -0.2) is 24.0 Å². The summed E-state index contributed by atoms with van der Waals surface area (Å²) < 4.78 is 5.89. The SMILES string of the molecule is CCNC(=O)COc1cc(-c2ccccc2)nc2cccc(CC)c12. The maximum atomic E-state index is 11.8. The van der Waals surface area contributed by atoms with Crippen LogP contribution in [0.25, 0.3) is 22.2 Å². The van der Waals surface area contributed by atoms with Crippen LogP contribution < -0.4 is 10.1 Å². The fourth-order valence-electron chi connectivity index (χ4n) is 2.88. The zero-order valence-corrected chi connectivity index (χ0v) is 14.6. The number of hydrogen-bond donors (Lipinski definition) is 1. The number of aryl methyl sites for hydroxylation is 1. The average molecular weight is 334 g/mol. The lowest BCUT2D eigenvalue weighted by molar-refractivity contribution is -0.122. The van der Waals surface area contributed by atoms with Crippen molar-refractivity contribution in [3.63, 3.8) is 0 Å². The quantitative estimate of drug-likeness (QED) is 0.742. The number of amides is 1. The number of pyridine rings is 1. The molecule has 25 heavy (non-hydrogen) atoms. The lowest BCUT2D eigenvalue weighted by Gasteiger charge is -2.14. The predicted octanol–water partition coefficient (Wildman–Crippen LogP) is 3.98. The van der Waals surface area contributed by atoms with Crippen LogP contribution >= 0.6 is 0 Å². The summed E-state index contributed by atoms with van der Waals surface area (Å²) in [7, 11) is 0. The van der Waals surface area contributed by atoms with Crippen molar-refractivity contribution >= 4 is 16.8 Å². The summed E-state index contributed by atoms with van der Waals surface area (Å²) in [6.07, 6.45) is 0.876. The summed E-state index contributed by atoms with van der Waals surface area (Å²) >= 11 is 0. The summed E-state index contributed by atoms with van der Waals surface area (Å²) in [5.41, 5.74) is 3.91. The average Bonchev–Trinajstić information content (AvgIpc) is 2.66. The third-order valence-electron chi connectivity index (χ3n) is 4.07. The van der Waals surface area contributed by atoms with E-state index in [1.807, 2.05) is 55.5 Å². The Balaban J connectivity index is 2.08. The molecule has 0 aliphatic heterocycles. The van der Waals surface area contributed by atoms with E-state index in [0.717, 1.165) is 34.1 Å². The second-order valence-electron chi connectivity index (χ2n) is 5.78. The first-order valence-electron chi connectivity index (χ1n) is 8.60. The number of nitrogens with zero attached hydrogens (tertiary/aromatic N) is 1. The van der Waals surface area contributed by atoms with Crippen molar-refractivity contribution in [3.8, 4) is 17.0 Å². The van der Waals surface area contributed by atoms with Crippen molar-refractivity contribution in [1.82, 2.24) is 10.3 Å². The molecule has 1 aromatic heterocycles. The summed E-state index contributed by atoms with van der Waals surface area (Å²) in [4.78, 5) is 16.6. The van der Waals surface area contributed by atoms with Crippen LogP contribution in [0.3, 0.4) is 0 Å². The first kappa shape index (κ1) is 17.0. The van der Waals surface area contributed by atoms with Gasteiger partial charge >= 0.3 is 0 Å². The van der Waals surface area contributed by atoms with Crippen molar-refractivity contribution in [2.75, 3.05) is 13.2 Å². The zero-order valence-electron chi connectivity index (χ0n) is 14.6. The minimum Gasteiger partial charge on any atom is -0.483 e. The Labute approximate surface area is 147 Å². The molecular weight excluding hydrogens is 312 g/mol. The number of carbonyl (C=O) groups excluding carboxylic acids is 1. The maximum Gasteiger partial charge on any atom is 0.257 e. The molecule has 0 aliphatic carbocycles. The highest BCUT2D eigenvalue weighted by Gasteiger charge is 2.13. The Hall–Kier alpha value is -2.88. The molecule has 2 aromatic carbocycles. The van der Waals surface area contributed by atoms with E-state index in [4.69, 9.17) is 9.72 Å². The monoisotopic (exact) mass is 334 g/mol. The number of benzene rings is 2. The standard InChI is InChI=1S/C21H22N2O2/c1-3-15-11-8-12-17-21(15)19(25-14-20(24)22-4-2)13-18(23-17)16-9-6-5-7-10-16/h5-13H,3-4,14H2,1-2H3,(H,22,24). The van der Waals surface area contributed by atoms with Crippen LogP contribution in [-0.2, 0) is 11.2 Å². The van der Waals surface area contributed by atoms with E-state index in [2.05, 4.69) is 18.3 Å². The Morgan fingerprint density at radius 1 is 1.08 bits per heavy atom. The van der Waals surface area contributed by atoms with Crippen molar-refractivity contribution in [2.45, 2.75) is 20.3 Å². The number of hydrogen-bond acceptors (Lipinski definition) is 3. The first-order valence-corrected chi connectivity index (χ1v) is 8.60. The molecule has 3 rings (SSSR count). The number of ether oxygens (including phenoxy) is 1. The molecule has 0 saturated heterocycles. The van der Waals surface area contributed by atoms with Crippen molar-refractivity contribution in [1.29, 1.82) is 0 Å². The van der Waals surface area contributed by atoms with Crippen LogP contribution in [0.15, 0.2) is 54.6 Å². The van der Waals surface area contributed by atoms with E-state index in [-0.39, 0.29) is 12.5 Å². The van der Waals surface area contributed by atoms with Crippen molar-refractivity contribution in [2.24, 2.45) is 0 Å². The molecule has 1 N–H and O–H groups in total. The minimum atomic E-state index is -0.122. The summed E-state index contributed by atoms with van der Waals surface area (Å²) in [6, 6.07) is 18.0. The van der Waals surface area contributed by atoms with Crippen LogP contribution in [0, 0.1) is 0 Å². The van der Waals surface area contributed by atoms with E-state index in [1.54, 1.807) is 0 Å². The summed E-state index contributed by atoms with van der Waals surface area (Å²) in [5.74, 6) is 0.579. The van der Waals surface area contributed by atoms with Crippen LogP contribution in [0.5, 0.6) is 5.75 Å². The number of fused-ring (bicyclic) bond motifs is 1. The summed E-state index contributed by atoms with van der Waals surface area (Å²) in [5, 5.41) is 3.74. The number of aromatic nitrogens is 1. The Morgan fingerprint density at radius 3 is 2.60 bits per heavy atom. The van der Waals surface area contributed by atoms with Crippen LogP contribution in [0.1, 0.15) is 19.4 Å². The second-order valence-corrected chi connectivity index (χ2v) is 5.78. The molecule has 1 heterocycles. The number of likely N-dealkylation sites (N-methyl/N-ethyl adjacent to an activating group) is 1. The number of nitrogens with one attached hydrogen (secondary N) is 1. The topological polar surface area (TPSA) is 51.2 Å². The van der Waals surface area contributed by atoms with E-state index in [0.29, 0.717) is 12.3 Å². The molecule has 0 bridgehead atoms.